The van der Waals surface area contributed by atoms with Crippen LogP contribution in [0.15, 0.2) is 38.7 Å². The Bertz CT molecular complexity index is 613. The fourth-order valence-electron chi connectivity index (χ4n) is 3.34. The van der Waals surface area contributed by atoms with Crippen LogP contribution < -0.4 is 4.83 Å². The average Bonchev–Trinajstić information content (AvgIpc) is 3.01. The Morgan fingerprint density at radius 3 is 2.55 bits per heavy atom. The summed E-state index contributed by atoms with van der Waals surface area (Å²) in [5.41, 5.74) is 0. The van der Waals surface area contributed by atoms with Crippen LogP contribution in [0.5, 0.6) is 0 Å². The van der Waals surface area contributed by atoms with Crippen LogP contribution in [0.4, 0.5) is 0 Å². The molecule has 0 spiro atoms. The van der Waals surface area contributed by atoms with E-state index < -0.39 is 10.0 Å². The number of halogens is 1. The largest absolute Gasteiger partial charge is 0.276 e. The van der Waals surface area contributed by atoms with Crippen molar-refractivity contribution in [1.29, 1.82) is 0 Å². The Labute approximate surface area is 127 Å². The summed E-state index contributed by atoms with van der Waals surface area (Å²) in [5.74, 6) is 1.99. The van der Waals surface area contributed by atoms with Crippen LogP contribution in [-0.2, 0) is 10.0 Å². The Morgan fingerprint density at radius 1 is 1.20 bits per heavy atom. The van der Waals surface area contributed by atoms with Gasteiger partial charge in [0.1, 0.15) is 0 Å². The SMILES string of the molecule is O=S(=O)(N/N=C/C1CC2CCC1C2)c1ccc(Br)cc1. The normalized spacial score (nSPS) is 29.1. The maximum Gasteiger partial charge on any atom is 0.276 e. The first kappa shape index (κ1) is 14.1. The summed E-state index contributed by atoms with van der Waals surface area (Å²) < 4.78 is 24.9. The summed E-state index contributed by atoms with van der Waals surface area (Å²) in [7, 11) is -3.55. The first-order valence-corrected chi connectivity index (χ1v) is 9.13. The topological polar surface area (TPSA) is 58.5 Å². The zero-order chi connectivity index (χ0) is 14.2. The third kappa shape index (κ3) is 2.91. The van der Waals surface area contributed by atoms with E-state index in [0.717, 1.165) is 16.8 Å². The lowest BCUT2D eigenvalue weighted by Gasteiger charge is -2.16. The molecule has 4 nitrogen and oxygen atoms in total. The van der Waals surface area contributed by atoms with Gasteiger partial charge in [-0.3, -0.25) is 0 Å². The maximum absolute atomic E-state index is 12.0. The smallest absolute Gasteiger partial charge is 0.200 e. The molecule has 2 aliphatic rings. The van der Waals surface area contributed by atoms with Crippen molar-refractivity contribution in [2.24, 2.45) is 22.9 Å². The monoisotopic (exact) mass is 356 g/mol. The molecular weight excluding hydrogens is 340 g/mol. The summed E-state index contributed by atoms with van der Waals surface area (Å²) in [5, 5.41) is 3.97. The quantitative estimate of drug-likeness (QED) is 0.665. The second kappa shape index (κ2) is 5.48. The third-order valence-corrected chi connectivity index (χ3v) is 6.12. The highest BCUT2D eigenvalue weighted by Crippen LogP contribution is 2.47. The van der Waals surface area contributed by atoms with Crippen LogP contribution in [0.25, 0.3) is 0 Å². The van der Waals surface area contributed by atoms with E-state index in [1.807, 2.05) is 0 Å². The van der Waals surface area contributed by atoms with E-state index >= 15 is 0 Å². The van der Waals surface area contributed by atoms with Crippen molar-refractivity contribution < 1.29 is 8.42 Å². The molecule has 2 fully saturated rings. The lowest BCUT2D eigenvalue weighted by atomic mass is 9.90. The number of nitrogens with one attached hydrogen (secondary N) is 1. The van der Waals surface area contributed by atoms with Gasteiger partial charge >= 0.3 is 0 Å². The van der Waals surface area contributed by atoms with Gasteiger partial charge in [0.05, 0.1) is 4.90 Å². The van der Waals surface area contributed by atoms with E-state index in [9.17, 15) is 8.42 Å². The second-order valence-electron chi connectivity index (χ2n) is 5.67. The molecule has 1 N–H and O–H groups in total. The fourth-order valence-corrected chi connectivity index (χ4v) is 4.40. The van der Waals surface area contributed by atoms with E-state index in [-0.39, 0.29) is 4.90 Å². The molecule has 20 heavy (non-hydrogen) atoms. The molecule has 1 aromatic carbocycles. The molecule has 3 rings (SSSR count). The van der Waals surface area contributed by atoms with E-state index in [1.165, 1.54) is 19.3 Å². The van der Waals surface area contributed by atoms with Crippen molar-refractivity contribution in [3.8, 4) is 0 Å². The van der Waals surface area contributed by atoms with Crippen LogP contribution in [0.3, 0.4) is 0 Å². The summed E-state index contributed by atoms with van der Waals surface area (Å²) in [6.45, 7) is 0. The molecule has 0 amide bonds. The number of nitrogens with zero attached hydrogens (tertiary/aromatic N) is 1. The number of hydrazone groups is 1. The van der Waals surface area contributed by atoms with E-state index in [1.54, 1.807) is 30.5 Å². The van der Waals surface area contributed by atoms with Crippen molar-refractivity contribution in [3.05, 3.63) is 28.7 Å². The highest BCUT2D eigenvalue weighted by molar-refractivity contribution is 9.10. The molecule has 108 valence electrons. The lowest BCUT2D eigenvalue weighted by Crippen LogP contribution is -2.20. The molecule has 2 saturated carbocycles. The molecule has 6 heteroatoms. The first-order chi connectivity index (χ1) is 9.54. The van der Waals surface area contributed by atoms with Crippen molar-refractivity contribution >= 4 is 32.2 Å². The predicted molar refractivity (Wildman–Crippen MR) is 81.9 cm³/mol. The van der Waals surface area contributed by atoms with Gasteiger partial charge in [-0.1, -0.05) is 22.4 Å². The number of hydrogen-bond acceptors (Lipinski definition) is 3. The van der Waals surface area contributed by atoms with Crippen LogP contribution in [0.1, 0.15) is 25.7 Å². The van der Waals surface area contributed by atoms with Crippen LogP contribution in [0.2, 0.25) is 0 Å². The molecule has 2 aliphatic carbocycles. The molecule has 0 aromatic heterocycles. The number of sulfonamides is 1. The number of fused-ring (bicyclic) bond motifs is 2. The van der Waals surface area contributed by atoms with Gasteiger partial charge in [-0.15, -0.1) is 0 Å². The molecule has 1 aromatic rings. The van der Waals surface area contributed by atoms with Gasteiger partial charge in [-0.25, -0.2) is 4.83 Å². The van der Waals surface area contributed by atoms with Gasteiger partial charge < -0.3 is 0 Å². The Hall–Kier alpha value is -0.880. The van der Waals surface area contributed by atoms with Crippen molar-refractivity contribution in [2.45, 2.75) is 30.6 Å². The molecule has 3 unspecified atom stereocenters. The second-order valence-corrected chi connectivity index (χ2v) is 8.24. The van der Waals surface area contributed by atoms with Gasteiger partial charge in [0.15, 0.2) is 0 Å². The molecule has 0 aliphatic heterocycles. The Morgan fingerprint density at radius 2 is 1.95 bits per heavy atom. The fraction of sp³-hybridized carbons (Fsp3) is 0.500. The van der Waals surface area contributed by atoms with Crippen LogP contribution >= 0.6 is 15.9 Å². The zero-order valence-corrected chi connectivity index (χ0v) is 13.4. The van der Waals surface area contributed by atoms with Crippen molar-refractivity contribution in [3.63, 3.8) is 0 Å². The van der Waals surface area contributed by atoms with Gasteiger partial charge in [-0.2, -0.15) is 13.5 Å². The van der Waals surface area contributed by atoms with E-state index in [2.05, 4.69) is 25.9 Å². The van der Waals surface area contributed by atoms with Gasteiger partial charge in [0.25, 0.3) is 10.0 Å². The van der Waals surface area contributed by atoms with Crippen LogP contribution in [-0.4, -0.2) is 14.6 Å². The highest BCUT2D eigenvalue weighted by atomic mass is 79.9. The standard InChI is InChI=1S/C14H17BrN2O2S/c15-13-3-5-14(6-4-13)20(18,19)17-16-9-12-8-10-1-2-11(12)7-10/h3-6,9-12,17H,1-2,7-8H2/b16-9+. The molecule has 3 atom stereocenters. The maximum atomic E-state index is 12.0. The molecular formula is C14H17BrN2O2S. The summed E-state index contributed by atoms with van der Waals surface area (Å²) in [4.78, 5) is 2.54. The molecule has 0 radical (unpaired) electrons. The van der Waals surface area contributed by atoms with Crippen molar-refractivity contribution in [1.82, 2.24) is 4.83 Å². The number of rotatable bonds is 4. The zero-order valence-electron chi connectivity index (χ0n) is 11.0. The van der Waals surface area contributed by atoms with Crippen molar-refractivity contribution in [2.75, 3.05) is 0 Å². The molecule has 0 heterocycles. The van der Waals surface area contributed by atoms with Crippen LogP contribution in [0, 0.1) is 17.8 Å². The summed E-state index contributed by atoms with van der Waals surface area (Å²) in [6.07, 6.45) is 6.84. The summed E-state index contributed by atoms with van der Waals surface area (Å²) >= 11 is 3.28. The van der Waals surface area contributed by atoms with Gasteiger partial charge in [0.2, 0.25) is 0 Å². The highest BCUT2D eigenvalue weighted by Gasteiger charge is 2.38. The minimum Gasteiger partial charge on any atom is -0.200 e. The summed E-state index contributed by atoms with van der Waals surface area (Å²) in [6, 6.07) is 6.52. The van der Waals surface area contributed by atoms with Gasteiger partial charge in [-0.05, 0) is 61.3 Å². The Kier molecular flexibility index (Phi) is 3.86. The van der Waals surface area contributed by atoms with E-state index in [0.29, 0.717) is 11.8 Å². The first-order valence-electron chi connectivity index (χ1n) is 6.85. The number of hydrogen-bond donors (Lipinski definition) is 1. The lowest BCUT2D eigenvalue weighted by molar-refractivity contribution is 0.420. The predicted octanol–water partition coefficient (Wildman–Crippen LogP) is 3.15. The minimum atomic E-state index is -3.55. The average molecular weight is 357 g/mol. The van der Waals surface area contributed by atoms with Gasteiger partial charge in [0, 0.05) is 10.7 Å². The minimum absolute atomic E-state index is 0.228. The third-order valence-electron chi connectivity index (χ3n) is 4.36. The number of benzene rings is 1. The Balaban J connectivity index is 1.64. The van der Waals surface area contributed by atoms with E-state index in [4.69, 9.17) is 0 Å². The molecule has 2 bridgehead atoms. The molecule has 0 saturated heterocycles.